The van der Waals surface area contributed by atoms with Crippen LogP contribution in [0, 0.1) is 0 Å². The molecule has 1 rings (SSSR count). The summed E-state index contributed by atoms with van der Waals surface area (Å²) in [4.78, 5) is 25.7. The molecule has 0 aliphatic carbocycles. The van der Waals surface area contributed by atoms with Crippen LogP contribution in [0.2, 0.25) is 0 Å². The number of amides is 2. The lowest BCUT2D eigenvalue weighted by molar-refractivity contribution is -0.885. The predicted molar refractivity (Wildman–Crippen MR) is 86.8 cm³/mol. The van der Waals surface area contributed by atoms with E-state index in [2.05, 4.69) is 10.6 Å². The Morgan fingerprint density at radius 3 is 2.62 bits per heavy atom. The molecule has 1 aromatic rings. The molecule has 0 radical (unpaired) electrons. The summed E-state index contributed by atoms with van der Waals surface area (Å²) in [5, 5.41) is 5.68. The van der Waals surface area contributed by atoms with Gasteiger partial charge in [0, 0.05) is 11.4 Å². The first kappa shape index (κ1) is 17.5. The molecule has 0 aliphatic rings. The number of rotatable bonds is 7. The molecule has 6 heteroatoms. The van der Waals surface area contributed by atoms with Gasteiger partial charge >= 0.3 is 0 Å². The third kappa shape index (κ3) is 5.40. The number of nitrogens with one attached hydrogen (secondary N) is 3. The van der Waals surface area contributed by atoms with E-state index in [1.807, 2.05) is 51.4 Å². The van der Waals surface area contributed by atoms with Crippen LogP contribution in [0.15, 0.2) is 29.2 Å². The maximum Gasteiger partial charge on any atom is 0.279 e. The number of quaternary nitrogens is 1. The Balaban J connectivity index is 2.59. The van der Waals surface area contributed by atoms with Crippen molar-refractivity contribution < 1.29 is 14.5 Å². The Labute approximate surface area is 130 Å². The van der Waals surface area contributed by atoms with Gasteiger partial charge in [-0.2, -0.15) is 0 Å². The molecule has 1 aromatic carbocycles. The third-order valence-electron chi connectivity index (χ3n) is 3.30. The second kappa shape index (κ2) is 8.69. The molecule has 3 N–H and O–H groups in total. The van der Waals surface area contributed by atoms with Crippen molar-refractivity contribution in [1.29, 1.82) is 0 Å². The quantitative estimate of drug-likeness (QED) is 0.638. The summed E-state index contributed by atoms with van der Waals surface area (Å²) in [6.45, 7) is 4.56. The van der Waals surface area contributed by atoms with Gasteiger partial charge in [0.05, 0.1) is 12.7 Å². The van der Waals surface area contributed by atoms with Gasteiger partial charge in [-0.15, -0.1) is 11.8 Å². The van der Waals surface area contributed by atoms with Crippen molar-refractivity contribution in [3.63, 3.8) is 0 Å². The van der Waals surface area contributed by atoms with Crippen LogP contribution >= 0.6 is 11.8 Å². The minimum atomic E-state index is -0.258. The van der Waals surface area contributed by atoms with Gasteiger partial charge in [-0.05, 0) is 32.2 Å². The fourth-order valence-electron chi connectivity index (χ4n) is 1.90. The number of carbonyl (C=O) groups excluding carboxylic acids is 2. The lowest BCUT2D eigenvalue weighted by atomic mass is 10.2. The molecule has 116 valence electrons. The molecule has 0 saturated carbocycles. The molecule has 0 saturated heterocycles. The van der Waals surface area contributed by atoms with Crippen molar-refractivity contribution in [3.05, 3.63) is 24.3 Å². The van der Waals surface area contributed by atoms with E-state index in [1.54, 1.807) is 11.8 Å². The van der Waals surface area contributed by atoms with Gasteiger partial charge in [0.25, 0.3) is 11.8 Å². The normalized spacial score (nSPS) is 13.3. The first-order valence-electron chi connectivity index (χ1n) is 7.02. The highest BCUT2D eigenvalue weighted by atomic mass is 32.2. The zero-order valence-electron chi connectivity index (χ0n) is 13.0. The Morgan fingerprint density at radius 1 is 1.33 bits per heavy atom. The lowest BCUT2D eigenvalue weighted by Gasteiger charge is -2.20. The molecule has 2 atom stereocenters. The van der Waals surface area contributed by atoms with Crippen LogP contribution in [0.1, 0.15) is 13.8 Å². The number of likely N-dealkylation sites (N-methyl/N-ethyl adjacent to an activating group) is 2. The number of hydrogen-bond donors (Lipinski definition) is 3. The summed E-state index contributed by atoms with van der Waals surface area (Å²) in [6.07, 6.45) is 1.97. The molecule has 0 aromatic heterocycles. The van der Waals surface area contributed by atoms with Crippen LogP contribution in [0.5, 0.6) is 0 Å². The second-order valence-electron chi connectivity index (χ2n) is 4.89. The molecule has 0 aliphatic heterocycles. The molecular formula is C15H24N3O2S+. The van der Waals surface area contributed by atoms with Gasteiger partial charge in [0.1, 0.15) is 0 Å². The van der Waals surface area contributed by atoms with E-state index in [-0.39, 0.29) is 24.4 Å². The molecule has 21 heavy (non-hydrogen) atoms. The number of benzene rings is 1. The van der Waals surface area contributed by atoms with Crippen LogP contribution in [-0.4, -0.2) is 44.2 Å². The number of hydrogen-bond acceptors (Lipinski definition) is 3. The van der Waals surface area contributed by atoms with Crippen LogP contribution in [0.3, 0.4) is 0 Å². The van der Waals surface area contributed by atoms with Gasteiger partial charge < -0.3 is 15.5 Å². The van der Waals surface area contributed by atoms with E-state index >= 15 is 0 Å². The molecule has 0 heterocycles. The molecule has 1 unspecified atom stereocenters. The molecule has 2 amide bonds. The van der Waals surface area contributed by atoms with Crippen molar-refractivity contribution in [2.24, 2.45) is 0 Å². The Kier molecular flexibility index (Phi) is 7.25. The predicted octanol–water partition coefficient (Wildman–Crippen LogP) is 0.386. The van der Waals surface area contributed by atoms with Gasteiger partial charge in [-0.1, -0.05) is 12.1 Å². The third-order valence-corrected chi connectivity index (χ3v) is 4.10. The summed E-state index contributed by atoms with van der Waals surface area (Å²) in [5.41, 5.74) is 0.813. The summed E-state index contributed by atoms with van der Waals surface area (Å²) in [7, 11) is 1.85. The van der Waals surface area contributed by atoms with Crippen molar-refractivity contribution in [1.82, 2.24) is 5.32 Å². The van der Waals surface area contributed by atoms with E-state index < -0.39 is 0 Å². The molecule has 0 spiro atoms. The first-order valence-corrected chi connectivity index (χ1v) is 8.25. The molecule has 0 bridgehead atoms. The summed E-state index contributed by atoms with van der Waals surface area (Å²) >= 11 is 1.59. The van der Waals surface area contributed by atoms with E-state index in [4.69, 9.17) is 0 Å². The van der Waals surface area contributed by atoms with E-state index in [9.17, 15) is 9.59 Å². The largest absolute Gasteiger partial charge is 0.351 e. The smallest absolute Gasteiger partial charge is 0.279 e. The highest BCUT2D eigenvalue weighted by Crippen LogP contribution is 2.24. The maximum atomic E-state index is 12.1. The average molecular weight is 310 g/mol. The van der Waals surface area contributed by atoms with Crippen LogP contribution in [0.4, 0.5) is 5.69 Å². The second-order valence-corrected chi connectivity index (χ2v) is 5.74. The Bertz CT molecular complexity index is 494. The van der Waals surface area contributed by atoms with Gasteiger partial charge in [-0.3, -0.25) is 9.59 Å². The summed E-state index contributed by atoms with van der Waals surface area (Å²) in [6, 6.07) is 7.42. The standard InChI is InChI=1S/C15H23N3O2S/c1-5-16-15(20)11(2)18(3)10-14(19)17-12-8-6-7-9-13(12)21-4/h6-9,11H,5,10H2,1-4H3,(H,16,20)(H,17,19)/p+1/t11-/m1/s1. The van der Waals surface area contributed by atoms with Crippen LogP contribution in [0.25, 0.3) is 0 Å². The average Bonchev–Trinajstić information content (AvgIpc) is 2.47. The Morgan fingerprint density at radius 2 is 2.00 bits per heavy atom. The fraction of sp³-hybridized carbons (Fsp3) is 0.467. The molecule has 0 fully saturated rings. The highest BCUT2D eigenvalue weighted by Gasteiger charge is 2.23. The Hall–Kier alpha value is -1.53. The summed E-state index contributed by atoms with van der Waals surface area (Å²) < 4.78 is 0. The topological polar surface area (TPSA) is 62.6 Å². The van der Waals surface area contributed by atoms with Gasteiger partial charge in [0.2, 0.25) is 0 Å². The number of para-hydroxylation sites is 1. The van der Waals surface area contributed by atoms with Gasteiger partial charge in [0.15, 0.2) is 12.6 Å². The monoisotopic (exact) mass is 310 g/mol. The van der Waals surface area contributed by atoms with E-state index in [0.717, 1.165) is 15.5 Å². The van der Waals surface area contributed by atoms with Gasteiger partial charge in [-0.25, -0.2) is 0 Å². The van der Waals surface area contributed by atoms with Crippen molar-refractivity contribution >= 4 is 29.3 Å². The van der Waals surface area contributed by atoms with E-state index in [1.165, 1.54) is 0 Å². The lowest BCUT2D eigenvalue weighted by Crippen LogP contribution is -3.15. The highest BCUT2D eigenvalue weighted by molar-refractivity contribution is 7.98. The van der Waals surface area contributed by atoms with Crippen LogP contribution in [-0.2, 0) is 9.59 Å². The van der Waals surface area contributed by atoms with Crippen molar-refractivity contribution in [2.75, 3.05) is 31.7 Å². The number of anilines is 1. The fourth-order valence-corrected chi connectivity index (χ4v) is 2.45. The number of carbonyl (C=O) groups is 2. The first-order chi connectivity index (χ1) is 9.99. The SMILES string of the molecule is CCNC(=O)[C@@H](C)[NH+](C)CC(=O)Nc1ccccc1SC. The van der Waals surface area contributed by atoms with E-state index in [0.29, 0.717) is 6.54 Å². The van der Waals surface area contributed by atoms with Crippen LogP contribution < -0.4 is 15.5 Å². The summed E-state index contributed by atoms with van der Waals surface area (Å²) in [5.74, 6) is -0.127. The minimum Gasteiger partial charge on any atom is -0.351 e. The zero-order valence-corrected chi connectivity index (χ0v) is 13.8. The minimum absolute atomic E-state index is 0.0349. The van der Waals surface area contributed by atoms with Crippen molar-refractivity contribution in [2.45, 2.75) is 24.8 Å². The van der Waals surface area contributed by atoms with Crippen molar-refractivity contribution in [3.8, 4) is 0 Å². The zero-order chi connectivity index (χ0) is 15.8. The molecular weight excluding hydrogens is 286 g/mol. The maximum absolute atomic E-state index is 12.1. The number of thioether (sulfide) groups is 1. The molecule has 5 nitrogen and oxygen atoms in total.